The highest BCUT2D eigenvalue weighted by Crippen LogP contribution is 2.37. The summed E-state index contributed by atoms with van der Waals surface area (Å²) in [6, 6.07) is 7.59. The standard InChI is InChI=1S/C17H23F3N2O2/c1-16(2,3)13-7-5-4-6-11(13)12-8-22(10-17(18,19)20)9-14(12)24-15(21)23/h4-7,12,14H,8-10H2,1-3H3,(H2,21,23). The molecule has 2 atom stereocenters. The topological polar surface area (TPSA) is 55.6 Å². The van der Waals surface area contributed by atoms with Gasteiger partial charge in [-0.15, -0.1) is 0 Å². The molecule has 1 fully saturated rings. The molecule has 1 aromatic rings. The summed E-state index contributed by atoms with van der Waals surface area (Å²) in [5, 5.41) is 0. The molecule has 0 aliphatic carbocycles. The van der Waals surface area contributed by atoms with Gasteiger partial charge < -0.3 is 10.5 Å². The van der Waals surface area contributed by atoms with Crippen molar-refractivity contribution >= 4 is 6.09 Å². The average Bonchev–Trinajstić information content (AvgIpc) is 2.77. The van der Waals surface area contributed by atoms with E-state index in [1.54, 1.807) is 0 Å². The number of carbonyl (C=O) groups excluding carboxylic acids is 1. The highest BCUT2D eigenvalue weighted by molar-refractivity contribution is 5.65. The minimum Gasteiger partial charge on any atom is -0.444 e. The molecule has 0 saturated carbocycles. The second-order valence-electron chi connectivity index (χ2n) is 7.23. The van der Waals surface area contributed by atoms with E-state index in [4.69, 9.17) is 10.5 Å². The van der Waals surface area contributed by atoms with E-state index in [2.05, 4.69) is 0 Å². The van der Waals surface area contributed by atoms with E-state index in [0.717, 1.165) is 11.1 Å². The number of alkyl halides is 3. The smallest absolute Gasteiger partial charge is 0.404 e. The van der Waals surface area contributed by atoms with Crippen LogP contribution < -0.4 is 5.73 Å². The first kappa shape index (κ1) is 18.6. The van der Waals surface area contributed by atoms with Gasteiger partial charge in [-0.05, 0) is 16.5 Å². The van der Waals surface area contributed by atoms with Gasteiger partial charge in [-0.2, -0.15) is 13.2 Å². The lowest BCUT2D eigenvalue weighted by Gasteiger charge is -2.27. The number of ether oxygens (including phenoxy) is 1. The third-order valence-corrected chi connectivity index (χ3v) is 4.18. The van der Waals surface area contributed by atoms with Gasteiger partial charge in [-0.1, -0.05) is 45.0 Å². The predicted molar refractivity (Wildman–Crippen MR) is 84.8 cm³/mol. The van der Waals surface area contributed by atoms with Crippen molar-refractivity contribution in [2.75, 3.05) is 19.6 Å². The molecule has 1 saturated heterocycles. The van der Waals surface area contributed by atoms with Gasteiger partial charge in [0.2, 0.25) is 0 Å². The zero-order valence-electron chi connectivity index (χ0n) is 14.1. The Morgan fingerprint density at radius 2 is 1.88 bits per heavy atom. The van der Waals surface area contributed by atoms with Crippen LogP contribution in [0.3, 0.4) is 0 Å². The molecule has 24 heavy (non-hydrogen) atoms. The fraction of sp³-hybridized carbons (Fsp3) is 0.588. The molecule has 1 amide bonds. The summed E-state index contributed by atoms with van der Waals surface area (Å²) < 4.78 is 43.3. The molecular weight excluding hydrogens is 321 g/mol. The SMILES string of the molecule is CC(C)(C)c1ccccc1C1CN(CC(F)(F)F)CC1OC(N)=O. The average molecular weight is 344 g/mol. The molecular formula is C17H23F3N2O2. The summed E-state index contributed by atoms with van der Waals surface area (Å²) in [6.45, 7) is 5.28. The first-order valence-corrected chi connectivity index (χ1v) is 7.82. The molecule has 2 rings (SSSR count). The summed E-state index contributed by atoms with van der Waals surface area (Å²) in [4.78, 5) is 12.4. The predicted octanol–water partition coefficient (Wildman–Crippen LogP) is 3.41. The van der Waals surface area contributed by atoms with E-state index in [0.29, 0.717) is 0 Å². The first-order valence-electron chi connectivity index (χ1n) is 7.82. The third-order valence-electron chi connectivity index (χ3n) is 4.18. The quantitative estimate of drug-likeness (QED) is 0.914. The number of nitrogens with zero attached hydrogens (tertiary/aromatic N) is 1. The normalized spacial score (nSPS) is 22.6. The summed E-state index contributed by atoms with van der Waals surface area (Å²) >= 11 is 0. The molecule has 1 aromatic carbocycles. The fourth-order valence-corrected chi connectivity index (χ4v) is 3.31. The zero-order valence-corrected chi connectivity index (χ0v) is 14.1. The molecule has 2 N–H and O–H groups in total. The number of nitrogens with two attached hydrogens (primary N) is 1. The van der Waals surface area contributed by atoms with Crippen molar-refractivity contribution in [3.63, 3.8) is 0 Å². The summed E-state index contributed by atoms with van der Waals surface area (Å²) in [7, 11) is 0. The molecule has 2 unspecified atom stereocenters. The van der Waals surface area contributed by atoms with E-state index >= 15 is 0 Å². The highest BCUT2D eigenvalue weighted by Gasteiger charge is 2.42. The monoisotopic (exact) mass is 344 g/mol. The molecule has 0 bridgehead atoms. The maximum atomic E-state index is 12.7. The number of carbonyl (C=O) groups is 1. The minimum atomic E-state index is -4.30. The molecule has 0 aromatic heterocycles. The van der Waals surface area contributed by atoms with Gasteiger partial charge in [-0.3, -0.25) is 4.90 Å². The Labute approximate surface area is 139 Å². The van der Waals surface area contributed by atoms with Crippen molar-refractivity contribution in [2.24, 2.45) is 5.73 Å². The van der Waals surface area contributed by atoms with Gasteiger partial charge in [0.05, 0.1) is 6.54 Å². The van der Waals surface area contributed by atoms with Crippen molar-refractivity contribution in [2.45, 2.75) is 44.4 Å². The van der Waals surface area contributed by atoms with E-state index in [1.807, 2.05) is 45.0 Å². The lowest BCUT2D eigenvalue weighted by Crippen LogP contribution is -2.34. The van der Waals surface area contributed by atoms with Gasteiger partial charge in [0.25, 0.3) is 0 Å². The van der Waals surface area contributed by atoms with Crippen LogP contribution in [-0.4, -0.2) is 42.9 Å². The molecule has 0 radical (unpaired) electrons. The molecule has 134 valence electrons. The van der Waals surface area contributed by atoms with Crippen LogP contribution in [0, 0.1) is 0 Å². The van der Waals surface area contributed by atoms with E-state index in [1.165, 1.54) is 4.90 Å². The third kappa shape index (κ3) is 4.63. The Balaban J connectivity index is 2.34. The first-order chi connectivity index (χ1) is 11.0. The zero-order chi connectivity index (χ0) is 18.1. The van der Waals surface area contributed by atoms with E-state index in [-0.39, 0.29) is 24.4 Å². The van der Waals surface area contributed by atoms with Crippen LogP contribution >= 0.6 is 0 Å². The van der Waals surface area contributed by atoms with E-state index in [9.17, 15) is 18.0 Å². The van der Waals surface area contributed by atoms with Crippen LogP contribution in [0.4, 0.5) is 18.0 Å². The van der Waals surface area contributed by atoms with Gasteiger partial charge in [0, 0.05) is 19.0 Å². The number of hydrogen-bond acceptors (Lipinski definition) is 3. The lowest BCUT2D eigenvalue weighted by molar-refractivity contribution is -0.144. The maximum absolute atomic E-state index is 12.7. The number of amides is 1. The maximum Gasteiger partial charge on any atom is 0.404 e. The molecule has 7 heteroatoms. The number of halogens is 3. The summed E-state index contributed by atoms with van der Waals surface area (Å²) in [6.07, 6.45) is -5.95. The second kappa shape index (κ2) is 6.63. The molecule has 0 spiro atoms. The van der Waals surface area contributed by atoms with Crippen molar-refractivity contribution in [3.05, 3.63) is 35.4 Å². The highest BCUT2D eigenvalue weighted by atomic mass is 19.4. The Morgan fingerprint density at radius 1 is 1.25 bits per heavy atom. The Bertz CT molecular complexity index is 596. The minimum absolute atomic E-state index is 0.0194. The van der Waals surface area contributed by atoms with Crippen LogP contribution in [0.5, 0.6) is 0 Å². The van der Waals surface area contributed by atoms with Crippen LogP contribution in [0.2, 0.25) is 0 Å². The number of rotatable bonds is 3. The Kier molecular flexibility index (Phi) is 5.13. The van der Waals surface area contributed by atoms with Gasteiger partial charge >= 0.3 is 12.3 Å². The van der Waals surface area contributed by atoms with Crippen molar-refractivity contribution in [1.29, 1.82) is 0 Å². The number of likely N-dealkylation sites (tertiary alicyclic amines) is 1. The van der Waals surface area contributed by atoms with Crippen LogP contribution in [0.15, 0.2) is 24.3 Å². The Hall–Kier alpha value is -1.76. The number of benzene rings is 1. The van der Waals surface area contributed by atoms with Gasteiger partial charge in [0.15, 0.2) is 0 Å². The van der Waals surface area contributed by atoms with Crippen molar-refractivity contribution < 1.29 is 22.7 Å². The van der Waals surface area contributed by atoms with Crippen molar-refractivity contribution in [3.8, 4) is 0 Å². The van der Waals surface area contributed by atoms with Crippen LogP contribution in [0.1, 0.15) is 37.8 Å². The van der Waals surface area contributed by atoms with E-state index < -0.39 is 24.9 Å². The number of primary amides is 1. The molecule has 1 aliphatic rings. The molecule has 1 aliphatic heterocycles. The summed E-state index contributed by atoms with van der Waals surface area (Å²) in [5.41, 5.74) is 6.87. The summed E-state index contributed by atoms with van der Waals surface area (Å²) in [5.74, 6) is -0.338. The fourth-order valence-electron chi connectivity index (χ4n) is 3.31. The largest absolute Gasteiger partial charge is 0.444 e. The molecule has 4 nitrogen and oxygen atoms in total. The van der Waals surface area contributed by atoms with Gasteiger partial charge in [0.1, 0.15) is 6.10 Å². The van der Waals surface area contributed by atoms with Crippen LogP contribution in [0.25, 0.3) is 0 Å². The lowest BCUT2D eigenvalue weighted by atomic mass is 9.79. The Morgan fingerprint density at radius 3 is 2.42 bits per heavy atom. The van der Waals surface area contributed by atoms with Gasteiger partial charge in [-0.25, -0.2) is 4.79 Å². The molecule has 1 heterocycles. The second-order valence-corrected chi connectivity index (χ2v) is 7.23. The van der Waals surface area contributed by atoms with Crippen LogP contribution in [-0.2, 0) is 10.2 Å². The van der Waals surface area contributed by atoms with Crippen molar-refractivity contribution in [1.82, 2.24) is 4.90 Å². The number of hydrogen-bond donors (Lipinski definition) is 1.